The molecule has 2 N–H and O–H groups in total. The highest BCUT2D eigenvalue weighted by Gasteiger charge is 2.32. The zero-order valence-corrected chi connectivity index (χ0v) is 20.3. The molecule has 0 radical (unpaired) electrons. The molecule has 2 aromatic heterocycles. The normalized spacial score (nSPS) is 16.5. The van der Waals surface area contributed by atoms with Crippen molar-refractivity contribution >= 4 is 23.3 Å². The number of amides is 2. The number of H-pyrrole nitrogens is 1. The predicted molar refractivity (Wildman–Crippen MR) is 129 cm³/mol. The monoisotopic (exact) mass is 465 g/mol. The molecule has 1 aliphatic rings. The lowest BCUT2D eigenvalue weighted by Gasteiger charge is -2.35. The first-order valence-corrected chi connectivity index (χ1v) is 11.5. The molecule has 4 rings (SSSR count). The molecule has 0 aliphatic carbocycles. The van der Waals surface area contributed by atoms with Gasteiger partial charge in [-0.05, 0) is 66.0 Å². The highest BCUT2D eigenvalue weighted by molar-refractivity contribution is 6.02. The van der Waals surface area contributed by atoms with Crippen molar-refractivity contribution in [2.75, 3.05) is 11.9 Å². The molecule has 0 bridgehead atoms. The van der Waals surface area contributed by atoms with Gasteiger partial charge in [0.05, 0.1) is 23.0 Å². The number of carbonyl (C=O) groups excluding carboxylic acids is 2. The fourth-order valence-electron chi connectivity index (χ4n) is 4.25. The van der Waals surface area contributed by atoms with Gasteiger partial charge in [-0.2, -0.15) is 0 Å². The Bertz CT molecular complexity index is 1300. The first-order chi connectivity index (χ1) is 16.0. The smallest absolute Gasteiger partial charge is 0.412 e. The summed E-state index contributed by atoms with van der Waals surface area (Å²) in [6, 6.07) is 8.52. The topological polar surface area (TPSA) is 109 Å². The van der Waals surface area contributed by atoms with Crippen molar-refractivity contribution in [1.82, 2.24) is 19.5 Å². The van der Waals surface area contributed by atoms with E-state index in [-0.39, 0.29) is 17.5 Å². The summed E-state index contributed by atoms with van der Waals surface area (Å²) in [5.74, 6) is -0.192. The Balaban J connectivity index is 1.66. The number of fused-ring (bicyclic) bond motifs is 1. The van der Waals surface area contributed by atoms with Crippen LogP contribution in [0.4, 0.5) is 10.5 Å². The van der Waals surface area contributed by atoms with Gasteiger partial charge in [0.2, 0.25) is 0 Å². The minimum absolute atomic E-state index is 0.144. The van der Waals surface area contributed by atoms with Gasteiger partial charge in [-0.1, -0.05) is 12.1 Å². The lowest BCUT2D eigenvalue weighted by Crippen LogP contribution is -2.39. The van der Waals surface area contributed by atoms with Crippen molar-refractivity contribution in [3.8, 4) is 0 Å². The van der Waals surface area contributed by atoms with E-state index in [1.807, 2.05) is 13.0 Å². The van der Waals surface area contributed by atoms with E-state index in [4.69, 9.17) is 4.74 Å². The van der Waals surface area contributed by atoms with Gasteiger partial charge in [0.15, 0.2) is 5.65 Å². The first kappa shape index (κ1) is 23.5. The van der Waals surface area contributed by atoms with Crippen LogP contribution in [0.2, 0.25) is 0 Å². The van der Waals surface area contributed by atoms with Crippen LogP contribution >= 0.6 is 0 Å². The zero-order chi connectivity index (χ0) is 24.6. The highest BCUT2D eigenvalue weighted by atomic mass is 16.6. The number of aromatic amines is 1. The van der Waals surface area contributed by atoms with Crippen molar-refractivity contribution in [1.29, 1.82) is 0 Å². The average molecular weight is 466 g/mol. The number of hydrogen-bond donors (Lipinski definition) is 2. The summed E-state index contributed by atoms with van der Waals surface area (Å²) in [7, 11) is 0. The Labute approximate surface area is 198 Å². The molecule has 1 fully saturated rings. The average Bonchev–Trinajstić information content (AvgIpc) is 3.20. The Morgan fingerprint density at radius 1 is 1.18 bits per heavy atom. The maximum Gasteiger partial charge on any atom is 0.412 e. The Kier molecular flexibility index (Phi) is 6.20. The fourth-order valence-corrected chi connectivity index (χ4v) is 4.25. The second-order valence-electron chi connectivity index (χ2n) is 9.72. The largest absolute Gasteiger partial charge is 0.444 e. The SMILES string of the molecule is Cc1nc2cc([C@@H]3CCCCN3C(=O)c3ccccc3NC(=O)OC(C)(C)C)[nH]n2c(=O)c1C. The number of anilines is 1. The van der Waals surface area contributed by atoms with Gasteiger partial charge < -0.3 is 9.64 Å². The molecule has 0 spiro atoms. The number of aryl methyl sites for hydroxylation is 1. The number of piperidine rings is 1. The number of ether oxygens (including phenoxy) is 1. The Morgan fingerprint density at radius 3 is 2.65 bits per heavy atom. The van der Waals surface area contributed by atoms with E-state index in [0.717, 1.165) is 25.0 Å². The van der Waals surface area contributed by atoms with E-state index >= 15 is 0 Å². The number of nitrogens with zero attached hydrogens (tertiary/aromatic N) is 3. The molecule has 2 amide bonds. The minimum Gasteiger partial charge on any atom is -0.444 e. The molecule has 3 heterocycles. The van der Waals surface area contributed by atoms with Crippen LogP contribution in [-0.2, 0) is 4.74 Å². The maximum atomic E-state index is 13.7. The minimum atomic E-state index is -0.653. The molecule has 9 nitrogen and oxygen atoms in total. The number of nitrogens with one attached hydrogen (secondary N) is 2. The van der Waals surface area contributed by atoms with Crippen LogP contribution in [0.1, 0.15) is 73.4 Å². The van der Waals surface area contributed by atoms with Crippen LogP contribution in [0.3, 0.4) is 0 Å². The number of likely N-dealkylation sites (tertiary alicyclic amines) is 1. The number of aromatic nitrogens is 3. The summed E-state index contributed by atoms with van der Waals surface area (Å²) < 4.78 is 6.79. The third kappa shape index (κ3) is 4.69. The van der Waals surface area contributed by atoms with Crippen LogP contribution in [0.15, 0.2) is 35.1 Å². The molecule has 0 unspecified atom stereocenters. The number of benzene rings is 1. The fraction of sp³-hybridized carbons (Fsp3) is 0.440. The van der Waals surface area contributed by atoms with E-state index < -0.39 is 11.7 Å². The second-order valence-corrected chi connectivity index (χ2v) is 9.72. The molecule has 1 atom stereocenters. The number of carbonyl (C=O) groups is 2. The van der Waals surface area contributed by atoms with Crippen LogP contribution in [-0.4, -0.2) is 43.6 Å². The van der Waals surface area contributed by atoms with E-state index in [0.29, 0.717) is 34.7 Å². The second kappa shape index (κ2) is 8.96. The van der Waals surface area contributed by atoms with Crippen LogP contribution in [0.25, 0.3) is 5.65 Å². The first-order valence-electron chi connectivity index (χ1n) is 11.5. The van der Waals surface area contributed by atoms with Gasteiger partial charge in [-0.25, -0.2) is 14.3 Å². The Hall–Kier alpha value is -3.62. The molecule has 0 saturated carbocycles. The molecule has 34 heavy (non-hydrogen) atoms. The van der Waals surface area contributed by atoms with E-state index in [2.05, 4.69) is 15.4 Å². The van der Waals surface area contributed by atoms with Crippen molar-refractivity contribution in [2.24, 2.45) is 0 Å². The van der Waals surface area contributed by atoms with E-state index in [1.165, 1.54) is 4.52 Å². The molecule has 1 saturated heterocycles. The third-order valence-electron chi connectivity index (χ3n) is 6.02. The van der Waals surface area contributed by atoms with Gasteiger partial charge in [0, 0.05) is 23.9 Å². The maximum absolute atomic E-state index is 13.7. The summed E-state index contributed by atoms with van der Waals surface area (Å²) in [4.78, 5) is 45.1. The van der Waals surface area contributed by atoms with Gasteiger partial charge in [-0.15, -0.1) is 0 Å². The van der Waals surface area contributed by atoms with E-state index in [1.54, 1.807) is 56.9 Å². The van der Waals surface area contributed by atoms with Gasteiger partial charge >= 0.3 is 6.09 Å². The number of hydrogen-bond acceptors (Lipinski definition) is 5. The summed E-state index contributed by atoms with van der Waals surface area (Å²) in [5, 5.41) is 5.88. The third-order valence-corrected chi connectivity index (χ3v) is 6.02. The van der Waals surface area contributed by atoms with E-state index in [9.17, 15) is 14.4 Å². The lowest BCUT2D eigenvalue weighted by atomic mass is 9.98. The summed E-state index contributed by atoms with van der Waals surface area (Å²) in [6.07, 6.45) is 1.98. The molecule has 1 aromatic carbocycles. The van der Waals surface area contributed by atoms with Gasteiger partial charge in [0.25, 0.3) is 11.5 Å². The quantitative estimate of drug-likeness (QED) is 0.598. The van der Waals surface area contributed by atoms with Gasteiger partial charge in [0.1, 0.15) is 5.60 Å². The molecular weight excluding hydrogens is 434 g/mol. The van der Waals surface area contributed by atoms with Crippen molar-refractivity contribution in [3.63, 3.8) is 0 Å². The molecule has 3 aromatic rings. The molecule has 180 valence electrons. The molecule has 1 aliphatic heterocycles. The van der Waals surface area contributed by atoms with Crippen LogP contribution < -0.4 is 10.9 Å². The zero-order valence-electron chi connectivity index (χ0n) is 20.3. The Morgan fingerprint density at radius 2 is 1.91 bits per heavy atom. The predicted octanol–water partition coefficient (Wildman–Crippen LogP) is 4.35. The highest BCUT2D eigenvalue weighted by Crippen LogP contribution is 2.33. The lowest BCUT2D eigenvalue weighted by molar-refractivity contribution is 0.0606. The number of rotatable bonds is 3. The van der Waals surface area contributed by atoms with Crippen molar-refractivity contribution < 1.29 is 14.3 Å². The van der Waals surface area contributed by atoms with Crippen LogP contribution in [0, 0.1) is 13.8 Å². The standard InChI is InChI=1S/C25H31N5O4/c1-15-16(2)26-21-14-19(28-30(21)22(15)31)20-12-8-9-13-29(20)23(32)17-10-6-7-11-18(17)27-24(33)34-25(3,4)5/h6-7,10-11,14,20,28H,8-9,12-13H2,1-5H3,(H,27,33)/t20-/m0/s1. The molecular formula is C25H31N5O4. The van der Waals surface area contributed by atoms with Crippen molar-refractivity contribution in [3.05, 3.63) is 63.2 Å². The summed E-state index contributed by atoms with van der Waals surface area (Å²) in [6.45, 7) is 9.49. The summed E-state index contributed by atoms with van der Waals surface area (Å²) in [5.41, 5.74) is 2.56. The van der Waals surface area contributed by atoms with Gasteiger partial charge in [-0.3, -0.25) is 20.0 Å². The molecule has 9 heteroatoms. The van der Waals surface area contributed by atoms with Crippen LogP contribution in [0.5, 0.6) is 0 Å². The van der Waals surface area contributed by atoms with Crippen molar-refractivity contribution in [2.45, 2.75) is 65.5 Å². The summed E-state index contributed by atoms with van der Waals surface area (Å²) >= 11 is 0. The number of para-hydroxylation sites is 1.